The summed E-state index contributed by atoms with van der Waals surface area (Å²) in [6.45, 7) is 0.655. The SMILES string of the molecule is Cn1cnc2cc(N3CC(CO)CC3=O)ccc21. The first-order valence-corrected chi connectivity index (χ1v) is 6.01. The second kappa shape index (κ2) is 4.10. The molecule has 0 bridgehead atoms. The molecule has 0 aliphatic carbocycles. The van der Waals surface area contributed by atoms with Crippen LogP contribution < -0.4 is 4.90 Å². The second-order valence-corrected chi connectivity index (χ2v) is 4.79. The minimum absolute atomic E-state index is 0.0527. The van der Waals surface area contributed by atoms with Crippen LogP contribution in [0.2, 0.25) is 0 Å². The minimum Gasteiger partial charge on any atom is -0.396 e. The van der Waals surface area contributed by atoms with E-state index in [1.807, 2.05) is 29.8 Å². The van der Waals surface area contributed by atoms with Crippen LogP contribution in [-0.4, -0.2) is 33.7 Å². The Balaban J connectivity index is 1.97. The Labute approximate surface area is 105 Å². The zero-order valence-corrected chi connectivity index (χ0v) is 10.2. The molecule has 1 saturated heterocycles. The summed E-state index contributed by atoms with van der Waals surface area (Å²) >= 11 is 0. The van der Waals surface area contributed by atoms with Gasteiger partial charge in [0.1, 0.15) is 0 Å². The first-order chi connectivity index (χ1) is 8.69. The van der Waals surface area contributed by atoms with E-state index < -0.39 is 0 Å². The molecule has 1 amide bonds. The topological polar surface area (TPSA) is 58.4 Å². The van der Waals surface area contributed by atoms with Crippen LogP contribution in [-0.2, 0) is 11.8 Å². The molecular formula is C13H15N3O2. The Morgan fingerprint density at radius 1 is 1.50 bits per heavy atom. The van der Waals surface area contributed by atoms with E-state index in [0.717, 1.165) is 16.7 Å². The second-order valence-electron chi connectivity index (χ2n) is 4.79. The number of amides is 1. The molecule has 0 radical (unpaired) electrons. The summed E-state index contributed by atoms with van der Waals surface area (Å²) in [4.78, 5) is 17.9. The molecule has 3 rings (SSSR count). The lowest BCUT2D eigenvalue weighted by Crippen LogP contribution is -2.24. The molecule has 1 aliphatic rings. The minimum atomic E-state index is 0.0527. The lowest BCUT2D eigenvalue weighted by molar-refractivity contribution is -0.117. The van der Waals surface area contributed by atoms with E-state index in [1.54, 1.807) is 11.2 Å². The molecule has 0 spiro atoms. The van der Waals surface area contributed by atoms with Crippen LogP contribution in [0.5, 0.6) is 0 Å². The van der Waals surface area contributed by atoms with Crippen molar-refractivity contribution in [2.45, 2.75) is 6.42 Å². The molecule has 5 nitrogen and oxygen atoms in total. The van der Waals surface area contributed by atoms with Gasteiger partial charge in [0.05, 0.1) is 17.4 Å². The largest absolute Gasteiger partial charge is 0.396 e. The van der Waals surface area contributed by atoms with E-state index in [4.69, 9.17) is 5.11 Å². The van der Waals surface area contributed by atoms with E-state index >= 15 is 0 Å². The summed E-state index contributed by atoms with van der Waals surface area (Å²) in [5.41, 5.74) is 2.79. The van der Waals surface area contributed by atoms with Gasteiger partial charge in [-0.05, 0) is 18.2 Å². The number of aromatic nitrogens is 2. The average Bonchev–Trinajstić information content (AvgIpc) is 2.93. The number of aliphatic hydroxyl groups is 1. The summed E-state index contributed by atoms with van der Waals surface area (Å²) in [5.74, 6) is 0.126. The van der Waals surface area contributed by atoms with Crippen LogP contribution in [0.3, 0.4) is 0 Å². The van der Waals surface area contributed by atoms with Crippen molar-refractivity contribution < 1.29 is 9.90 Å². The fourth-order valence-electron chi connectivity index (χ4n) is 2.45. The Bertz CT molecular complexity index is 605. The lowest BCUT2D eigenvalue weighted by Gasteiger charge is -2.16. The first-order valence-electron chi connectivity index (χ1n) is 6.01. The maximum atomic E-state index is 11.9. The van der Waals surface area contributed by atoms with Gasteiger partial charge in [-0.15, -0.1) is 0 Å². The van der Waals surface area contributed by atoms with Crippen molar-refractivity contribution in [3.05, 3.63) is 24.5 Å². The Hall–Kier alpha value is -1.88. The van der Waals surface area contributed by atoms with Gasteiger partial charge in [-0.25, -0.2) is 4.98 Å². The fraction of sp³-hybridized carbons (Fsp3) is 0.385. The summed E-state index contributed by atoms with van der Waals surface area (Å²) in [6.07, 6.45) is 2.19. The lowest BCUT2D eigenvalue weighted by atomic mass is 10.1. The molecule has 18 heavy (non-hydrogen) atoms. The highest BCUT2D eigenvalue weighted by Gasteiger charge is 2.30. The molecule has 1 atom stereocenters. The number of anilines is 1. The van der Waals surface area contributed by atoms with Gasteiger partial charge < -0.3 is 14.6 Å². The van der Waals surface area contributed by atoms with Gasteiger partial charge in [-0.1, -0.05) is 0 Å². The highest BCUT2D eigenvalue weighted by atomic mass is 16.3. The van der Waals surface area contributed by atoms with Crippen LogP contribution in [0.25, 0.3) is 11.0 Å². The third-order valence-electron chi connectivity index (χ3n) is 3.48. The molecule has 1 aromatic carbocycles. The van der Waals surface area contributed by atoms with E-state index in [9.17, 15) is 4.79 Å². The predicted molar refractivity (Wildman–Crippen MR) is 68.3 cm³/mol. The maximum absolute atomic E-state index is 11.9. The van der Waals surface area contributed by atoms with Gasteiger partial charge >= 0.3 is 0 Å². The molecule has 2 heterocycles. The molecule has 5 heteroatoms. The van der Waals surface area contributed by atoms with Gasteiger partial charge in [-0.2, -0.15) is 0 Å². The van der Waals surface area contributed by atoms with E-state index in [-0.39, 0.29) is 18.4 Å². The van der Waals surface area contributed by atoms with Crippen LogP contribution in [0.4, 0.5) is 5.69 Å². The third-order valence-corrected chi connectivity index (χ3v) is 3.48. The van der Waals surface area contributed by atoms with Gasteiger partial charge in [0, 0.05) is 38.2 Å². The van der Waals surface area contributed by atoms with Crippen molar-refractivity contribution in [3.63, 3.8) is 0 Å². The number of aryl methyl sites for hydroxylation is 1. The summed E-state index contributed by atoms with van der Waals surface area (Å²) in [6, 6.07) is 5.83. The number of carbonyl (C=O) groups excluding carboxylic acids is 1. The number of carbonyl (C=O) groups is 1. The normalized spacial score (nSPS) is 20.0. The molecule has 1 aromatic heterocycles. The van der Waals surface area contributed by atoms with E-state index in [1.165, 1.54) is 0 Å². The molecule has 1 N–H and O–H groups in total. The van der Waals surface area contributed by atoms with Crippen molar-refractivity contribution in [2.75, 3.05) is 18.1 Å². The van der Waals surface area contributed by atoms with Crippen LogP contribution in [0.1, 0.15) is 6.42 Å². The molecule has 1 unspecified atom stereocenters. The van der Waals surface area contributed by atoms with Crippen molar-refractivity contribution >= 4 is 22.6 Å². The first kappa shape index (κ1) is 11.2. The van der Waals surface area contributed by atoms with Crippen LogP contribution in [0.15, 0.2) is 24.5 Å². The molecule has 1 aliphatic heterocycles. The monoisotopic (exact) mass is 245 g/mol. The number of nitrogens with zero attached hydrogens (tertiary/aromatic N) is 3. The molecule has 94 valence electrons. The number of benzene rings is 1. The smallest absolute Gasteiger partial charge is 0.227 e. The fourth-order valence-corrected chi connectivity index (χ4v) is 2.45. The number of hydrogen-bond donors (Lipinski definition) is 1. The summed E-state index contributed by atoms with van der Waals surface area (Å²) < 4.78 is 1.95. The standard InChI is InChI=1S/C13H15N3O2/c1-15-8-14-11-5-10(2-3-12(11)15)16-6-9(7-17)4-13(16)18/h2-3,5,8-9,17H,4,6-7H2,1H3. The zero-order chi connectivity index (χ0) is 12.7. The van der Waals surface area contributed by atoms with Crippen molar-refractivity contribution in [2.24, 2.45) is 13.0 Å². The summed E-state index contributed by atoms with van der Waals surface area (Å²) in [5, 5.41) is 9.13. The highest BCUT2D eigenvalue weighted by Crippen LogP contribution is 2.27. The third kappa shape index (κ3) is 1.67. The van der Waals surface area contributed by atoms with Crippen molar-refractivity contribution in [1.29, 1.82) is 0 Å². The average molecular weight is 245 g/mol. The molecule has 0 saturated carbocycles. The Morgan fingerprint density at radius 2 is 2.33 bits per heavy atom. The van der Waals surface area contributed by atoms with Gasteiger partial charge in [0.15, 0.2) is 0 Å². The summed E-state index contributed by atoms with van der Waals surface area (Å²) in [7, 11) is 1.94. The molecular weight excluding hydrogens is 230 g/mol. The predicted octanol–water partition coefficient (Wildman–Crippen LogP) is 0.918. The quantitative estimate of drug-likeness (QED) is 0.856. The zero-order valence-electron chi connectivity index (χ0n) is 10.2. The van der Waals surface area contributed by atoms with Crippen LogP contribution >= 0.6 is 0 Å². The van der Waals surface area contributed by atoms with Gasteiger partial charge in [0.25, 0.3) is 0 Å². The molecule has 1 fully saturated rings. The maximum Gasteiger partial charge on any atom is 0.227 e. The van der Waals surface area contributed by atoms with Crippen molar-refractivity contribution in [1.82, 2.24) is 9.55 Å². The highest BCUT2D eigenvalue weighted by molar-refractivity contribution is 5.97. The Kier molecular flexibility index (Phi) is 2.56. The van der Waals surface area contributed by atoms with Crippen molar-refractivity contribution in [3.8, 4) is 0 Å². The number of rotatable bonds is 2. The Morgan fingerprint density at radius 3 is 3.06 bits per heavy atom. The van der Waals surface area contributed by atoms with E-state index in [2.05, 4.69) is 4.98 Å². The van der Waals surface area contributed by atoms with Crippen LogP contribution in [0, 0.1) is 5.92 Å². The van der Waals surface area contributed by atoms with E-state index in [0.29, 0.717) is 13.0 Å². The number of imidazole rings is 1. The number of fused-ring (bicyclic) bond motifs is 1. The number of aliphatic hydroxyl groups excluding tert-OH is 1. The number of hydrogen-bond acceptors (Lipinski definition) is 3. The van der Waals surface area contributed by atoms with Gasteiger partial charge in [0.2, 0.25) is 5.91 Å². The molecule has 2 aromatic rings. The van der Waals surface area contributed by atoms with Gasteiger partial charge in [-0.3, -0.25) is 4.79 Å².